The maximum atomic E-state index is 13.6. The molecule has 1 atom stereocenters. The molecule has 0 heterocycles. The number of hydrogen-bond acceptors (Lipinski definition) is 2. The summed E-state index contributed by atoms with van der Waals surface area (Å²) in [5, 5.41) is 6.30. The highest BCUT2D eigenvalue weighted by Gasteiger charge is 2.08. The van der Waals surface area contributed by atoms with Crippen LogP contribution in [0, 0.1) is 5.82 Å². The van der Waals surface area contributed by atoms with Crippen LogP contribution in [0.5, 0.6) is 0 Å². The predicted molar refractivity (Wildman–Crippen MR) is 112 cm³/mol. The van der Waals surface area contributed by atoms with E-state index < -0.39 is 0 Å². The first-order valence-corrected chi connectivity index (χ1v) is 9.22. The third kappa shape index (κ3) is 5.55. The van der Waals surface area contributed by atoms with Gasteiger partial charge in [0.1, 0.15) is 5.82 Å². The summed E-state index contributed by atoms with van der Waals surface area (Å²) in [6.07, 6.45) is 2.83. The van der Waals surface area contributed by atoms with Gasteiger partial charge in [0.15, 0.2) is 0 Å². The normalized spacial score (nSPS) is 11.9. The number of hydrogen-bond donors (Lipinski definition) is 2. The largest absolute Gasteiger partial charge is 0.381 e. The van der Waals surface area contributed by atoms with Crippen LogP contribution < -0.4 is 10.6 Å². The van der Waals surface area contributed by atoms with Crippen LogP contribution in [0.15, 0.2) is 84.9 Å². The Bertz CT molecular complexity index is 954. The second kappa shape index (κ2) is 9.51. The lowest BCUT2D eigenvalue weighted by atomic mass is 10.1. The first-order valence-electron chi connectivity index (χ1n) is 9.22. The van der Waals surface area contributed by atoms with Gasteiger partial charge in [-0.25, -0.2) is 4.39 Å². The van der Waals surface area contributed by atoms with Crippen molar-refractivity contribution < 1.29 is 9.18 Å². The molecule has 3 nitrogen and oxygen atoms in total. The SMILES string of the molecule is CC(NC(=O)C=Cc1ccccc1F)c1cccc(NCc2ccccc2)c1. The zero-order valence-electron chi connectivity index (χ0n) is 15.7. The zero-order valence-corrected chi connectivity index (χ0v) is 15.7. The molecule has 2 N–H and O–H groups in total. The van der Waals surface area contributed by atoms with Gasteiger partial charge in [0.2, 0.25) is 5.91 Å². The van der Waals surface area contributed by atoms with Gasteiger partial charge in [0.25, 0.3) is 0 Å². The summed E-state index contributed by atoms with van der Waals surface area (Å²) in [6.45, 7) is 2.65. The average molecular weight is 374 g/mol. The molecule has 0 saturated heterocycles. The molecule has 0 aliphatic carbocycles. The van der Waals surface area contributed by atoms with E-state index in [1.165, 1.54) is 23.8 Å². The molecule has 1 unspecified atom stereocenters. The Morgan fingerprint density at radius 2 is 1.75 bits per heavy atom. The van der Waals surface area contributed by atoms with Crippen molar-refractivity contribution in [1.29, 1.82) is 0 Å². The van der Waals surface area contributed by atoms with Gasteiger partial charge in [-0.2, -0.15) is 0 Å². The molecular weight excluding hydrogens is 351 g/mol. The van der Waals surface area contributed by atoms with Crippen LogP contribution in [0.3, 0.4) is 0 Å². The van der Waals surface area contributed by atoms with Crippen molar-refractivity contribution in [3.8, 4) is 0 Å². The first-order chi connectivity index (χ1) is 13.6. The van der Waals surface area contributed by atoms with Crippen LogP contribution in [0.25, 0.3) is 6.08 Å². The van der Waals surface area contributed by atoms with Crippen LogP contribution in [0.1, 0.15) is 29.7 Å². The number of nitrogens with one attached hydrogen (secondary N) is 2. The van der Waals surface area contributed by atoms with E-state index in [1.807, 2.05) is 49.4 Å². The summed E-state index contributed by atoms with van der Waals surface area (Å²) < 4.78 is 13.6. The van der Waals surface area contributed by atoms with Crippen LogP contribution >= 0.6 is 0 Å². The number of carbonyl (C=O) groups is 1. The number of anilines is 1. The van der Waals surface area contributed by atoms with Crippen molar-refractivity contribution in [2.45, 2.75) is 19.5 Å². The van der Waals surface area contributed by atoms with Gasteiger partial charge < -0.3 is 10.6 Å². The van der Waals surface area contributed by atoms with E-state index in [1.54, 1.807) is 18.2 Å². The summed E-state index contributed by atoms with van der Waals surface area (Å²) in [7, 11) is 0. The molecule has 0 bridgehead atoms. The highest BCUT2D eigenvalue weighted by Crippen LogP contribution is 2.18. The van der Waals surface area contributed by atoms with Gasteiger partial charge in [0, 0.05) is 23.9 Å². The molecule has 3 aromatic rings. The molecule has 0 spiro atoms. The van der Waals surface area contributed by atoms with Gasteiger partial charge in [-0.3, -0.25) is 4.79 Å². The average Bonchev–Trinajstić information content (AvgIpc) is 2.72. The Morgan fingerprint density at radius 3 is 2.54 bits per heavy atom. The van der Waals surface area contributed by atoms with E-state index in [9.17, 15) is 9.18 Å². The summed E-state index contributed by atoms with van der Waals surface area (Å²) in [5.74, 6) is -0.616. The number of amides is 1. The topological polar surface area (TPSA) is 41.1 Å². The summed E-state index contributed by atoms with van der Waals surface area (Å²) in [6, 6.07) is 24.3. The van der Waals surface area contributed by atoms with E-state index in [-0.39, 0.29) is 17.8 Å². The first kappa shape index (κ1) is 19.4. The summed E-state index contributed by atoms with van der Waals surface area (Å²) in [4.78, 5) is 12.2. The van der Waals surface area contributed by atoms with Gasteiger partial charge >= 0.3 is 0 Å². The van der Waals surface area contributed by atoms with E-state index in [2.05, 4.69) is 22.8 Å². The fraction of sp³-hybridized carbons (Fsp3) is 0.125. The zero-order chi connectivity index (χ0) is 19.8. The van der Waals surface area contributed by atoms with Crippen molar-refractivity contribution in [2.24, 2.45) is 0 Å². The fourth-order valence-corrected chi connectivity index (χ4v) is 2.84. The number of carbonyl (C=O) groups excluding carboxylic acids is 1. The van der Waals surface area contributed by atoms with Gasteiger partial charge in [-0.15, -0.1) is 0 Å². The van der Waals surface area contributed by atoms with Crippen LogP contribution in [0.4, 0.5) is 10.1 Å². The smallest absolute Gasteiger partial charge is 0.244 e. The molecule has 0 radical (unpaired) electrons. The van der Waals surface area contributed by atoms with Gasteiger partial charge in [0.05, 0.1) is 6.04 Å². The van der Waals surface area contributed by atoms with E-state index >= 15 is 0 Å². The quantitative estimate of drug-likeness (QED) is 0.549. The third-order valence-corrected chi connectivity index (χ3v) is 4.40. The number of benzene rings is 3. The standard InChI is InChI=1S/C24H23FN2O/c1-18(27-24(28)15-14-20-10-5-6-13-23(20)25)21-11-7-12-22(16-21)26-17-19-8-3-2-4-9-19/h2-16,18,26H,17H2,1H3,(H,27,28). The van der Waals surface area contributed by atoms with E-state index in [0.29, 0.717) is 5.56 Å². The lowest BCUT2D eigenvalue weighted by molar-refractivity contribution is -0.117. The third-order valence-electron chi connectivity index (χ3n) is 4.40. The molecule has 1 amide bonds. The van der Waals surface area contributed by atoms with Crippen molar-refractivity contribution in [3.05, 3.63) is 107 Å². The van der Waals surface area contributed by atoms with Crippen molar-refractivity contribution >= 4 is 17.7 Å². The molecule has 28 heavy (non-hydrogen) atoms. The number of rotatable bonds is 7. The monoisotopic (exact) mass is 374 g/mol. The molecule has 0 saturated carbocycles. The molecule has 3 aromatic carbocycles. The number of halogens is 1. The highest BCUT2D eigenvalue weighted by molar-refractivity contribution is 5.92. The van der Waals surface area contributed by atoms with Crippen molar-refractivity contribution in [1.82, 2.24) is 5.32 Å². The molecule has 0 aromatic heterocycles. The van der Waals surface area contributed by atoms with Crippen LogP contribution in [0.2, 0.25) is 0 Å². The Morgan fingerprint density at radius 1 is 1.00 bits per heavy atom. The summed E-state index contributed by atoms with van der Waals surface area (Å²) >= 11 is 0. The van der Waals surface area contributed by atoms with E-state index in [0.717, 1.165) is 17.8 Å². The van der Waals surface area contributed by atoms with E-state index in [4.69, 9.17) is 0 Å². The molecule has 4 heteroatoms. The van der Waals surface area contributed by atoms with Crippen molar-refractivity contribution in [2.75, 3.05) is 5.32 Å². The molecular formula is C24H23FN2O. The predicted octanol–water partition coefficient (Wildman–Crippen LogP) is 5.33. The second-order valence-electron chi connectivity index (χ2n) is 6.55. The maximum absolute atomic E-state index is 13.6. The highest BCUT2D eigenvalue weighted by atomic mass is 19.1. The lowest BCUT2D eigenvalue weighted by Crippen LogP contribution is -2.24. The van der Waals surface area contributed by atoms with Crippen LogP contribution in [-0.2, 0) is 11.3 Å². The minimum absolute atomic E-state index is 0.170. The lowest BCUT2D eigenvalue weighted by Gasteiger charge is -2.15. The Hall–Kier alpha value is -3.40. The summed E-state index contributed by atoms with van der Waals surface area (Å²) in [5.41, 5.74) is 3.57. The van der Waals surface area contributed by atoms with Crippen LogP contribution in [-0.4, -0.2) is 5.91 Å². The Labute approximate surface area is 164 Å². The minimum atomic E-state index is -0.350. The second-order valence-corrected chi connectivity index (χ2v) is 6.55. The molecule has 0 fully saturated rings. The fourth-order valence-electron chi connectivity index (χ4n) is 2.84. The van der Waals surface area contributed by atoms with Gasteiger partial charge in [-0.05, 0) is 42.3 Å². The molecule has 3 rings (SSSR count). The molecule has 0 aliphatic rings. The van der Waals surface area contributed by atoms with Gasteiger partial charge in [-0.1, -0.05) is 60.7 Å². The Balaban J connectivity index is 1.58. The maximum Gasteiger partial charge on any atom is 0.244 e. The van der Waals surface area contributed by atoms with Crippen molar-refractivity contribution in [3.63, 3.8) is 0 Å². The molecule has 142 valence electrons. The molecule has 0 aliphatic heterocycles. The minimum Gasteiger partial charge on any atom is -0.381 e. The Kier molecular flexibility index (Phi) is 6.58.